The van der Waals surface area contributed by atoms with Crippen LogP contribution < -0.4 is 10.6 Å². The van der Waals surface area contributed by atoms with E-state index in [4.69, 9.17) is 14.9 Å². The number of amides is 1. The third kappa shape index (κ3) is 13.5. The van der Waals surface area contributed by atoms with Gasteiger partial charge in [-0.15, -0.1) is 0 Å². The average molecular weight is 415 g/mol. The summed E-state index contributed by atoms with van der Waals surface area (Å²) in [6, 6.07) is 1.15. The number of ether oxygens (including phenoxy) is 1. The van der Waals surface area contributed by atoms with Crippen molar-refractivity contribution in [2.75, 3.05) is 6.61 Å². The van der Waals surface area contributed by atoms with Crippen molar-refractivity contribution in [1.82, 2.24) is 10.6 Å². The highest BCUT2D eigenvalue weighted by Crippen LogP contribution is 2.22. The minimum Gasteiger partial charge on any atom is -0.481 e. The highest BCUT2D eigenvalue weighted by atomic mass is 16.6. The van der Waals surface area contributed by atoms with Crippen LogP contribution in [0.25, 0.3) is 0 Å². The second kappa shape index (κ2) is 13.8. The molecule has 2 aliphatic rings. The molecule has 0 bridgehead atoms. The van der Waals surface area contributed by atoms with Gasteiger partial charge in [0.25, 0.3) is 0 Å². The predicted molar refractivity (Wildman–Crippen MR) is 114 cm³/mol. The van der Waals surface area contributed by atoms with Crippen molar-refractivity contribution in [1.29, 1.82) is 0 Å². The molecule has 1 amide bonds. The van der Waals surface area contributed by atoms with Gasteiger partial charge < -0.3 is 25.6 Å². The van der Waals surface area contributed by atoms with Gasteiger partial charge in [-0.2, -0.15) is 0 Å². The molecule has 170 valence electrons. The van der Waals surface area contributed by atoms with Crippen molar-refractivity contribution in [2.45, 2.75) is 122 Å². The van der Waals surface area contributed by atoms with Crippen LogP contribution in [0.3, 0.4) is 0 Å². The quantitative estimate of drug-likeness (QED) is 0.502. The Hall–Kier alpha value is -1.34. The van der Waals surface area contributed by atoms with Crippen LogP contribution in [0.2, 0.25) is 0 Å². The van der Waals surface area contributed by atoms with Crippen molar-refractivity contribution in [3.8, 4) is 0 Å². The van der Waals surface area contributed by atoms with E-state index < -0.39 is 23.7 Å². The zero-order chi connectivity index (χ0) is 21.7. The number of carbonyl (C=O) groups excluding carboxylic acids is 1. The second-order valence-corrected chi connectivity index (χ2v) is 9.29. The Morgan fingerprint density at radius 1 is 0.966 bits per heavy atom. The van der Waals surface area contributed by atoms with Crippen LogP contribution in [0.4, 0.5) is 4.79 Å². The molecule has 0 saturated heterocycles. The molecule has 2 aliphatic carbocycles. The number of rotatable bonds is 7. The summed E-state index contributed by atoms with van der Waals surface area (Å²) in [6.45, 7) is 4.85. The van der Waals surface area contributed by atoms with E-state index in [2.05, 4.69) is 10.6 Å². The van der Waals surface area contributed by atoms with E-state index in [1.165, 1.54) is 64.2 Å². The fourth-order valence-electron chi connectivity index (χ4n) is 3.85. The molecule has 2 saturated carbocycles. The lowest BCUT2D eigenvalue weighted by Crippen LogP contribution is -2.41. The lowest BCUT2D eigenvalue weighted by molar-refractivity contribution is -0.137. The fraction of sp³-hybridized carbons (Fsp3) is 0.909. The standard InChI is InChI=1S/C12H23N.C10H19NO5/c1-3-7-11(8-4-1)13-12-9-5-2-6-10-12;1-10(2,3)16-9(15)11-7(6-12)4-5-8(13)14/h11-13H,1-10H2;7,12H,4-6H2,1-3H3,(H,11,15)(H,13,14)/t;7-/m.0/s1. The summed E-state index contributed by atoms with van der Waals surface area (Å²) >= 11 is 0. The van der Waals surface area contributed by atoms with Gasteiger partial charge in [-0.25, -0.2) is 4.79 Å². The topological polar surface area (TPSA) is 108 Å². The average Bonchev–Trinajstić information content (AvgIpc) is 2.66. The first-order chi connectivity index (χ1) is 13.7. The molecule has 0 aromatic heterocycles. The molecule has 2 fully saturated rings. The lowest BCUT2D eigenvalue weighted by Gasteiger charge is -2.30. The highest BCUT2D eigenvalue weighted by Gasteiger charge is 2.20. The number of hydrogen-bond donors (Lipinski definition) is 4. The van der Waals surface area contributed by atoms with Gasteiger partial charge in [0, 0.05) is 18.5 Å². The van der Waals surface area contributed by atoms with Crippen molar-refractivity contribution in [3.05, 3.63) is 0 Å². The number of carboxylic acids is 1. The van der Waals surface area contributed by atoms with Crippen LogP contribution in [0.1, 0.15) is 97.8 Å². The van der Waals surface area contributed by atoms with E-state index in [0.717, 1.165) is 12.1 Å². The van der Waals surface area contributed by atoms with E-state index in [9.17, 15) is 9.59 Å². The van der Waals surface area contributed by atoms with Crippen LogP contribution in [0, 0.1) is 0 Å². The Morgan fingerprint density at radius 2 is 1.45 bits per heavy atom. The SMILES string of the molecule is C1CCC(NC2CCCCC2)CC1.CC(C)(C)OC(=O)N[C@H](CO)CCC(=O)O. The van der Waals surface area contributed by atoms with Gasteiger partial charge in [-0.3, -0.25) is 4.79 Å². The first-order valence-corrected chi connectivity index (χ1v) is 11.3. The zero-order valence-corrected chi connectivity index (χ0v) is 18.5. The molecule has 7 heteroatoms. The first-order valence-electron chi connectivity index (χ1n) is 11.3. The van der Waals surface area contributed by atoms with E-state index in [-0.39, 0.29) is 19.4 Å². The van der Waals surface area contributed by atoms with Crippen LogP contribution in [0.5, 0.6) is 0 Å². The lowest BCUT2D eigenvalue weighted by atomic mass is 9.91. The molecule has 0 heterocycles. The highest BCUT2D eigenvalue weighted by molar-refractivity contribution is 5.69. The zero-order valence-electron chi connectivity index (χ0n) is 18.5. The molecule has 2 rings (SSSR count). The number of aliphatic hydroxyl groups excluding tert-OH is 1. The van der Waals surface area contributed by atoms with Crippen LogP contribution >= 0.6 is 0 Å². The van der Waals surface area contributed by atoms with E-state index in [1.807, 2.05) is 0 Å². The van der Waals surface area contributed by atoms with E-state index in [0.29, 0.717) is 0 Å². The summed E-state index contributed by atoms with van der Waals surface area (Å²) in [5.74, 6) is -0.968. The summed E-state index contributed by atoms with van der Waals surface area (Å²) in [5.41, 5.74) is -0.614. The molecule has 0 aromatic carbocycles. The maximum atomic E-state index is 11.3. The predicted octanol–water partition coefficient (Wildman–Crippen LogP) is 3.98. The van der Waals surface area contributed by atoms with Crippen molar-refractivity contribution in [2.24, 2.45) is 0 Å². The molecule has 0 aromatic rings. The number of nitrogens with one attached hydrogen (secondary N) is 2. The largest absolute Gasteiger partial charge is 0.481 e. The van der Waals surface area contributed by atoms with Gasteiger partial charge in [-0.05, 0) is 52.9 Å². The van der Waals surface area contributed by atoms with Crippen LogP contribution in [-0.2, 0) is 9.53 Å². The maximum Gasteiger partial charge on any atom is 0.407 e. The molecule has 0 spiro atoms. The summed E-state index contributed by atoms with van der Waals surface area (Å²) in [5, 5.41) is 23.6. The summed E-state index contributed by atoms with van der Waals surface area (Å²) < 4.78 is 4.97. The third-order valence-electron chi connectivity index (χ3n) is 5.33. The minimum atomic E-state index is -0.968. The van der Waals surface area contributed by atoms with Gasteiger partial charge in [0.1, 0.15) is 5.60 Å². The number of carbonyl (C=O) groups is 2. The second-order valence-electron chi connectivity index (χ2n) is 9.29. The molecular weight excluding hydrogens is 372 g/mol. The Bertz CT molecular complexity index is 450. The van der Waals surface area contributed by atoms with Crippen molar-refractivity contribution >= 4 is 12.1 Å². The number of aliphatic hydroxyl groups is 1. The Kier molecular flexibility index (Phi) is 12.2. The summed E-state index contributed by atoms with van der Waals surface area (Å²) in [6.07, 6.45) is 14.0. The fourth-order valence-corrected chi connectivity index (χ4v) is 3.85. The summed E-state index contributed by atoms with van der Waals surface area (Å²) in [7, 11) is 0. The molecule has 4 N–H and O–H groups in total. The summed E-state index contributed by atoms with van der Waals surface area (Å²) in [4.78, 5) is 21.6. The van der Waals surface area contributed by atoms with Crippen LogP contribution in [-0.4, -0.2) is 52.6 Å². The van der Waals surface area contributed by atoms with Crippen molar-refractivity contribution < 1.29 is 24.5 Å². The Morgan fingerprint density at radius 3 is 1.83 bits per heavy atom. The molecule has 0 unspecified atom stereocenters. The molecule has 0 aliphatic heterocycles. The number of hydrogen-bond acceptors (Lipinski definition) is 5. The molecular formula is C22H42N2O5. The number of aliphatic carboxylic acids is 1. The monoisotopic (exact) mass is 414 g/mol. The Labute approximate surface area is 176 Å². The Balaban J connectivity index is 0.000000294. The van der Waals surface area contributed by atoms with Crippen LogP contribution in [0.15, 0.2) is 0 Å². The molecule has 29 heavy (non-hydrogen) atoms. The van der Waals surface area contributed by atoms with E-state index in [1.54, 1.807) is 20.8 Å². The first kappa shape index (κ1) is 25.7. The molecule has 0 radical (unpaired) electrons. The number of carboxylic acid groups (broad SMARTS) is 1. The maximum absolute atomic E-state index is 11.3. The van der Waals surface area contributed by atoms with Gasteiger partial charge in [0.2, 0.25) is 0 Å². The van der Waals surface area contributed by atoms with Gasteiger partial charge in [0.15, 0.2) is 0 Å². The smallest absolute Gasteiger partial charge is 0.407 e. The van der Waals surface area contributed by atoms with Gasteiger partial charge >= 0.3 is 12.1 Å². The van der Waals surface area contributed by atoms with Gasteiger partial charge in [-0.1, -0.05) is 38.5 Å². The third-order valence-corrected chi connectivity index (χ3v) is 5.33. The normalized spacial score (nSPS) is 19.6. The number of alkyl carbamates (subject to hydrolysis) is 1. The molecule has 7 nitrogen and oxygen atoms in total. The van der Waals surface area contributed by atoms with E-state index >= 15 is 0 Å². The van der Waals surface area contributed by atoms with Gasteiger partial charge in [0.05, 0.1) is 12.6 Å². The minimum absolute atomic E-state index is 0.110. The molecule has 1 atom stereocenters. The van der Waals surface area contributed by atoms with Crippen molar-refractivity contribution in [3.63, 3.8) is 0 Å².